The molecule has 0 saturated carbocycles. The highest BCUT2D eigenvalue weighted by Crippen LogP contribution is 2.56. The van der Waals surface area contributed by atoms with E-state index in [-0.39, 0.29) is 34.9 Å². The Hall–Kier alpha value is -5.45. The fraction of sp³-hybridized carbons (Fsp3) is 0.385. The second-order valence-corrected chi connectivity index (χ2v) is 20.4. The van der Waals surface area contributed by atoms with Crippen LogP contribution in [0.3, 0.4) is 0 Å². The molecular weight excluding hydrogens is 826 g/mol. The molecule has 0 fully saturated rings. The Morgan fingerprint density at radius 2 is 1.42 bits per heavy atom. The third-order valence-corrected chi connectivity index (χ3v) is 16.6. The number of methoxy groups -OCH3 is 2. The number of benzene rings is 3. The lowest BCUT2D eigenvalue weighted by Gasteiger charge is -2.30. The van der Waals surface area contributed by atoms with Gasteiger partial charge in [-0.1, -0.05) is 99.2 Å². The van der Waals surface area contributed by atoms with Gasteiger partial charge in [0.15, 0.2) is 6.10 Å². The minimum atomic E-state index is -1.94. The molecule has 0 radical (unpaired) electrons. The van der Waals surface area contributed by atoms with Crippen molar-refractivity contribution in [3.63, 3.8) is 0 Å². The number of aliphatic hydroxyl groups excluding tert-OH is 1. The van der Waals surface area contributed by atoms with Crippen LogP contribution in [0.1, 0.15) is 66.2 Å². The number of ether oxygens (including phenoxy) is 3. The summed E-state index contributed by atoms with van der Waals surface area (Å²) in [5.74, 6) is -2.09. The standard InChI is InChI=1S/C52H64N3O8P/c1-35-31-42-47(54-29-18-7-8-19-30-64(39-22-12-9-13-23-39,40-24-14-10-15-25-40)41-26-16-11-17-27-41)44(56)34-43(49(42)58)55-51(59)36(2)21-20-28-45(61-5)50(63-52(53)60)38(4)33-37(3)48(57)46(32-35)62-6/h9-17,20-28,33-35,37,45-46,48,50,57H,7-8,18-19,29-32H2,1-6H3,(H3-,53,54,55,56,58,59,60)/p+1/b28-20+,36-21+,38-33+/t35?,37?,45?,46-,48?,50-/m0/s1. The third kappa shape index (κ3) is 12.6. The first kappa shape index (κ1) is 49.6. The van der Waals surface area contributed by atoms with E-state index in [0.717, 1.165) is 31.8 Å². The lowest BCUT2D eigenvalue weighted by atomic mass is 9.85. The second-order valence-electron chi connectivity index (χ2n) is 16.8. The molecule has 6 atom stereocenters. The van der Waals surface area contributed by atoms with E-state index in [4.69, 9.17) is 19.9 Å². The molecule has 3 aromatic carbocycles. The molecule has 11 nitrogen and oxygen atoms in total. The van der Waals surface area contributed by atoms with Crippen LogP contribution in [0.25, 0.3) is 0 Å². The Kier molecular flexibility index (Phi) is 18.6. The van der Waals surface area contributed by atoms with Crippen molar-refractivity contribution in [1.29, 1.82) is 0 Å². The van der Waals surface area contributed by atoms with Crippen LogP contribution >= 0.6 is 7.26 Å². The fourth-order valence-electron chi connectivity index (χ4n) is 8.70. The van der Waals surface area contributed by atoms with E-state index >= 15 is 0 Å². The summed E-state index contributed by atoms with van der Waals surface area (Å²) in [6.07, 6.45) is 8.61. The lowest BCUT2D eigenvalue weighted by Crippen LogP contribution is -2.38. The number of hydrogen-bond donors (Lipinski definition) is 4. The molecule has 0 saturated heterocycles. The number of carbonyl (C=O) groups excluding carboxylic acids is 4. The topological polar surface area (TPSA) is 166 Å². The first-order valence-electron chi connectivity index (χ1n) is 22.2. The number of hydrogen-bond acceptors (Lipinski definition) is 9. The van der Waals surface area contributed by atoms with E-state index in [9.17, 15) is 24.3 Å². The molecule has 0 aromatic heterocycles. The molecule has 340 valence electrons. The van der Waals surface area contributed by atoms with Crippen LogP contribution in [0, 0.1) is 11.8 Å². The van der Waals surface area contributed by atoms with Crippen LogP contribution in [-0.4, -0.2) is 80.0 Å². The van der Waals surface area contributed by atoms with E-state index in [2.05, 4.69) is 102 Å². The maximum Gasteiger partial charge on any atom is 0.405 e. The van der Waals surface area contributed by atoms with Gasteiger partial charge in [0.2, 0.25) is 11.6 Å². The molecule has 2 aliphatic rings. The number of nitrogens with two attached hydrogens (primary N) is 1. The maximum atomic E-state index is 14.2. The highest BCUT2D eigenvalue weighted by atomic mass is 31.2. The van der Waals surface area contributed by atoms with Gasteiger partial charge < -0.3 is 35.7 Å². The fourth-order valence-corrected chi connectivity index (χ4v) is 13.1. The van der Waals surface area contributed by atoms with Gasteiger partial charge in [-0.05, 0) is 93.8 Å². The molecule has 64 heavy (non-hydrogen) atoms. The first-order chi connectivity index (χ1) is 30.8. The van der Waals surface area contributed by atoms with Gasteiger partial charge in [0.1, 0.15) is 29.3 Å². The molecule has 5 rings (SSSR count). The molecule has 2 bridgehead atoms. The van der Waals surface area contributed by atoms with Crippen LogP contribution in [0.5, 0.6) is 0 Å². The molecule has 2 amide bonds. The van der Waals surface area contributed by atoms with Gasteiger partial charge in [0, 0.05) is 43.9 Å². The molecule has 1 aliphatic carbocycles. The van der Waals surface area contributed by atoms with Crippen LogP contribution in [0.4, 0.5) is 4.79 Å². The van der Waals surface area contributed by atoms with E-state index in [0.29, 0.717) is 18.5 Å². The molecule has 5 N–H and O–H groups in total. The predicted octanol–water partition coefficient (Wildman–Crippen LogP) is 6.91. The van der Waals surface area contributed by atoms with Crippen LogP contribution < -0.4 is 32.3 Å². The molecule has 0 spiro atoms. The van der Waals surface area contributed by atoms with Gasteiger partial charge in [-0.25, -0.2) is 4.79 Å². The van der Waals surface area contributed by atoms with E-state index in [1.54, 1.807) is 32.1 Å². The van der Waals surface area contributed by atoms with E-state index in [1.165, 1.54) is 42.3 Å². The summed E-state index contributed by atoms with van der Waals surface area (Å²) in [7, 11) is 1.03. The number of unbranched alkanes of at least 4 members (excludes halogenated alkanes) is 3. The summed E-state index contributed by atoms with van der Waals surface area (Å²) in [5, 5.41) is 21.6. The van der Waals surface area contributed by atoms with Crippen molar-refractivity contribution in [2.75, 3.05) is 26.9 Å². The zero-order chi connectivity index (χ0) is 46.2. The number of fused-ring (bicyclic) bond motifs is 2. The summed E-state index contributed by atoms with van der Waals surface area (Å²) < 4.78 is 16.9. The van der Waals surface area contributed by atoms with Crippen LogP contribution in [-0.2, 0) is 28.6 Å². The quantitative estimate of drug-likeness (QED) is 0.0583. The third-order valence-electron chi connectivity index (χ3n) is 12.1. The summed E-state index contributed by atoms with van der Waals surface area (Å²) in [6, 6.07) is 32.6. The number of amides is 2. The number of Topliss-reactive ketones (excluding diaryl/α,β-unsaturated/α-hetero) is 1. The van der Waals surface area contributed by atoms with Gasteiger partial charge in [-0.3, -0.25) is 14.4 Å². The van der Waals surface area contributed by atoms with Crippen molar-refractivity contribution in [2.24, 2.45) is 17.6 Å². The van der Waals surface area contributed by atoms with Crippen molar-refractivity contribution in [2.45, 2.75) is 90.6 Å². The van der Waals surface area contributed by atoms with Gasteiger partial charge in [-0.2, -0.15) is 0 Å². The average Bonchev–Trinajstić information content (AvgIpc) is 3.29. The van der Waals surface area contributed by atoms with E-state index in [1.807, 2.05) is 13.8 Å². The number of ketones is 2. The Morgan fingerprint density at radius 3 is 1.97 bits per heavy atom. The first-order valence-corrected chi connectivity index (χ1v) is 24.1. The minimum absolute atomic E-state index is 0.110. The number of carbonyl (C=O) groups is 4. The maximum absolute atomic E-state index is 14.2. The summed E-state index contributed by atoms with van der Waals surface area (Å²) >= 11 is 0. The Balaban J connectivity index is 1.34. The average molecular weight is 891 g/mol. The Bertz CT molecular complexity index is 2120. The predicted molar refractivity (Wildman–Crippen MR) is 256 cm³/mol. The van der Waals surface area contributed by atoms with Gasteiger partial charge >= 0.3 is 6.09 Å². The number of rotatable bonds is 14. The zero-order valence-corrected chi connectivity index (χ0v) is 38.9. The van der Waals surface area contributed by atoms with Crippen molar-refractivity contribution in [3.05, 3.63) is 149 Å². The van der Waals surface area contributed by atoms with Gasteiger partial charge in [-0.15, -0.1) is 0 Å². The molecular formula is C52H65N3O8P+. The SMILES string of the molecule is COC1/C=C/C=C(\C)C(=O)NC2=CC(=O)C(NCCCCCC[P+](c3ccccc3)(c3ccccc3)c3ccccc3)=C(CC(C)C[C@H](OC)C(O)C(C)/C=C(\C)[C@@H]1OC(N)=O)C2=O. The minimum Gasteiger partial charge on any atom is -0.439 e. The number of primary amides is 1. The number of aliphatic hydroxyl groups is 1. The Morgan fingerprint density at radius 1 is 0.844 bits per heavy atom. The summed E-state index contributed by atoms with van der Waals surface area (Å²) in [5.41, 5.74) is 6.67. The lowest BCUT2D eigenvalue weighted by molar-refractivity contribution is -0.120. The van der Waals surface area contributed by atoms with E-state index < -0.39 is 61.2 Å². The second kappa shape index (κ2) is 24.0. The van der Waals surface area contributed by atoms with Crippen molar-refractivity contribution < 1.29 is 38.5 Å². The number of nitrogens with one attached hydrogen (secondary N) is 2. The normalized spacial score (nSPS) is 25.0. The van der Waals surface area contributed by atoms with Crippen molar-refractivity contribution in [1.82, 2.24) is 10.6 Å². The highest BCUT2D eigenvalue weighted by molar-refractivity contribution is 7.95. The molecule has 1 heterocycles. The highest BCUT2D eigenvalue weighted by Gasteiger charge is 2.44. The summed E-state index contributed by atoms with van der Waals surface area (Å²) in [4.78, 5) is 53.4. The Labute approximate surface area is 379 Å². The van der Waals surface area contributed by atoms with Gasteiger partial charge in [0.05, 0.1) is 29.8 Å². The van der Waals surface area contributed by atoms with Crippen molar-refractivity contribution >= 4 is 46.7 Å². The summed E-state index contributed by atoms with van der Waals surface area (Å²) in [6.45, 7) is 7.58. The molecule has 1 aliphatic heterocycles. The van der Waals surface area contributed by atoms with Crippen molar-refractivity contribution in [3.8, 4) is 0 Å². The molecule has 12 heteroatoms. The zero-order valence-electron chi connectivity index (χ0n) is 38.0. The smallest absolute Gasteiger partial charge is 0.405 e. The monoisotopic (exact) mass is 890 g/mol. The molecule has 3 aromatic rings. The van der Waals surface area contributed by atoms with Crippen LogP contribution in [0.2, 0.25) is 0 Å². The number of allylic oxidation sites excluding steroid dienone is 4. The molecule has 4 unspecified atom stereocenters. The van der Waals surface area contributed by atoms with Gasteiger partial charge in [0.25, 0.3) is 5.91 Å². The largest absolute Gasteiger partial charge is 0.439 e. The van der Waals surface area contributed by atoms with Crippen LogP contribution in [0.15, 0.2) is 149 Å².